The lowest BCUT2D eigenvalue weighted by Gasteiger charge is -2.16. The van der Waals surface area contributed by atoms with Gasteiger partial charge in [0.05, 0.1) is 10.9 Å². The third kappa shape index (κ3) is 3.17. The molecule has 0 aliphatic heterocycles. The zero-order valence-corrected chi connectivity index (χ0v) is 12.4. The van der Waals surface area contributed by atoms with E-state index in [1.807, 2.05) is 0 Å². The highest BCUT2D eigenvalue weighted by atomic mass is 16.1. The quantitative estimate of drug-likeness (QED) is 0.585. The first kappa shape index (κ1) is 13.9. The Hall–Kier alpha value is -2.04. The van der Waals surface area contributed by atoms with Gasteiger partial charge in [-0.15, -0.1) is 0 Å². The average Bonchev–Trinajstić information content (AvgIpc) is 2.65. The minimum atomic E-state index is -0.142. The summed E-state index contributed by atoms with van der Waals surface area (Å²) in [5, 5.41) is 3.93. The Morgan fingerprint density at radius 1 is 1.29 bits per heavy atom. The van der Waals surface area contributed by atoms with Gasteiger partial charge < -0.3 is 11.1 Å². The van der Waals surface area contributed by atoms with Crippen molar-refractivity contribution < 1.29 is 0 Å². The van der Waals surface area contributed by atoms with Crippen LogP contribution in [0.4, 0.5) is 11.6 Å². The van der Waals surface area contributed by atoms with Crippen LogP contribution in [-0.2, 0) is 0 Å². The molecule has 5 heteroatoms. The molecule has 0 radical (unpaired) electrons. The summed E-state index contributed by atoms with van der Waals surface area (Å²) in [6.45, 7) is 2.31. The van der Waals surface area contributed by atoms with Gasteiger partial charge in [-0.3, -0.25) is 9.78 Å². The number of nitrogens with one attached hydrogen (secondary N) is 2. The molecule has 2 atom stereocenters. The molecular formula is C16H22N4O. The maximum Gasteiger partial charge on any atom is 0.260 e. The van der Waals surface area contributed by atoms with E-state index in [0.717, 1.165) is 18.8 Å². The minimum absolute atomic E-state index is 0.142. The minimum Gasteiger partial charge on any atom is -0.399 e. The summed E-state index contributed by atoms with van der Waals surface area (Å²) < 4.78 is 0. The summed E-state index contributed by atoms with van der Waals surface area (Å²) in [5.74, 6) is 1.36. The largest absolute Gasteiger partial charge is 0.399 e. The second-order valence-corrected chi connectivity index (χ2v) is 6.15. The fourth-order valence-corrected chi connectivity index (χ4v) is 3.05. The van der Waals surface area contributed by atoms with Crippen molar-refractivity contribution in [1.82, 2.24) is 9.97 Å². The molecule has 2 unspecified atom stereocenters. The summed E-state index contributed by atoms with van der Waals surface area (Å²) in [6, 6.07) is 5.62. The van der Waals surface area contributed by atoms with E-state index in [0.29, 0.717) is 28.6 Å². The van der Waals surface area contributed by atoms with E-state index < -0.39 is 0 Å². The van der Waals surface area contributed by atoms with Gasteiger partial charge in [0.1, 0.15) is 0 Å². The van der Waals surface area contributed by atoms with Gasteiger partial charge in [0, 0.05) is 11.7 Å². The Kier molecular flexibility index (Phi) is 3.82. The number of hydrogen-bond donors (Lipinski definition) is 3. The maximum atomic E-state index is 12.1. The molecular weight excluding hydrogens is 264 g/mol. The van der Waals surface area contributed by atoms with Crippen molar-refractivity contribution >= 4 is 22.5 Å². The number of rotatable bonds is 2. The fraction of sp³-hybridized carbons (Fsp3) is 0.500. The van der Waals surface area contributed by atoms with Gasteiger partial charge in [0.15, 0.2) is 0 Å². The number of H-pyrrole nitrogens is 1. The van der Waals surface area contributed by atoms with Crippen LogP contribution < -0.4 is 16.6 Å². The molecule has 1 fully saturated rings. The first-order valence-electron chi connectivity index (χ1n) is 7.68. The molecule has 1 heterocycles. The number of benzene rings is 1. The average molecular weight is 286 g/mol. The number of nitrogens with zero attached hydrogens (tertiary/aromatic N) is 1. The van der Waals surface area contributed by atoms with Crippen molar-refractivity contribution in [2.24, 2.45) is 5.92 Å². The van der Waals surface area contributed by atoms with E-state index >= 15 is 0 Å². The molecule has 0 bridgehead atoms. The SMILES string of the molecule is CC1CCCC(Nc2nc3ccc(N)cc3c(=O)[nH]2)CC1. The monoisotopic (exact) mass is 286 g/mol. The van der Waals surface area contributed by atoms with Gasteiger partial charge in [0.25, 0.3) is 5.56 Å². The molecule has 0 amide bonds. The van der Waals surface area contributed by atoms with Crippen LogP contribution >= 0.6 is 0 Å². The molecule has 1 aromatic heterocycles. The Labute approximate surface area is 124 Å². The van der Waals surface area contributed by atoms with E-state index in [1.165, 1.54) is 19.3 Å². The second kappa shape index (κ2) is 5.76. The summed E-state index contributed by atoms with van der Waals surface area (Å²) in [4.78, 5) is 19.4. The molecule has 0 saturated heterocycles. The fourth-order valence-electron chi connectivity index (χ4n) is 3.05. The number of anilines is 2. The van der Waals surface area contributed by atoms with E-state index in [9.17, 15) is 4.79 Å². The highest BCUT2D eigenvalue weighted by molar-refractivity contribution is 5.81. The van der Waals surface area contributed by atoms with E-state index in [2.05, 4.69) is 22.2 Å². The molecule has 5 nitrogen and oxygen atoms in total. The van der Waals surface area contributed by atoms with Gasteiger partial charge in [-0.1, -0.05) is 19.8 Å². The molecule has 4 N–H and O–H groups in total. The van der Waals surface area contributed by atoms with Crippen LogP contribution in [0.2, 0.25) is 0 Å². The highest BCUT2D eigenvalue weighted by Crippen LogP contribution is 2.24. The normalized spacial score (nSPS) is 22.9. The summed E-state index contributed by atoms with van der Waals surface area (Å²) in [7, 11) is 0. The number of aromatic nitrogens is 2. The molecule has 112 valence electrons. The van der Waals surface area contributed by atoms with Gasteiger partial charge in [-0.25, -0.2) is 4.98 Å². The third-order valence-corrected chi connectivity index (χ3v) is 4.33. The van der Waals surface area contributed by atoms with Crippen LogP contribution in [0, 0.1) is 5.92 Å². The molecule has 1 aromatic carbocycles. The van der Waals surface area contributed by atoms with E-state index in [-0.39, 0.29) is 5.56 Å². The van der Waals surface area contributed by atoms with E-state index in [1.54, 1.807) is 18.2 Å². The van der Waals surface area contributed by atoms with E-state index in [4.69, 9.17) is 5.73 Å². The van der Waals surface area contributed by atoms with Crippen LogP contribution in [0.3, 0.4) is 0 Å². The predicted molar refractivity (Wildman–Crippen MR) is 86.4 cm³/mol. The van der Waals surface area contributed by atoms with Crippen molar-refractivity contribution in [2.45, 2.75) is 45.1 Å². The van der Waals surface area contributed by atoms with Crippen molar-refractivity contribution in [3.63, 3.8) is 0 Å². The lowest BCUT2D eigenvalue weighted by molar-refractivity contribution is 0.501. The Morgan fingerprint density at radius 2 is 2.14 bits per heavy atom. The van der Waals surface area contributed by atoms with Gasteiger partial charge in [-0.05, 0) is 43.4 Å². The number of fused-ring (bicyclic) bond motifs is 1. The van der Waals surface area contributed by atoms with Crippen molar-refractivity contribution in [1.29, 1.82) is 0 Å². The first-order valence-corrected chi connectivity index (χ1v) is 7.68. The Balaban J connectivity index is 1.84. The summed E-state index contributed by atoms with van der Waals surface area (Å²) in [5.41, 5.74) is 6.83. The first-order chi connectivity index (χ1) is 10.1. The number of aromatic amines is 1. The summed E-state index contributed by atoms with van der Waals surface area (Å²) >= 11 is 0. The molecule has 0 spiro atoms. The van der Waals surface area contributed by atoms with Crippen LogP contribution in [-0.4, -0.2) is 16.0 Å². The number of nitrogen functional groups attached to an aromatic ring is 1. The lowest BCUT2D eigenvalue weighted by atomic mass is 10.0. The lowest BCUT2D eigenvalue weighted by Crippen LogP contribution is -2.22. The van der Waals surface area contributed by atoms with Crippen LogP contribution in [0.1, 0.15) is 39.0 Å². The molecule has 3 rings (SSSR count). The second-order valence-electron chi connectivity index (χ2n) is 6.15. The molecule has 1 aliphatic rings. The third-order valence-electron chi connectivity index (χ3n) is 4.33. The maximum absolute atomic E-state index is 12.1. The molecule has 2 aromatic rings. The molecule has 1 saturated carbocycles. The van der Waals surface area contributed by atoms with Gasteiger partial charge in [0.2, 0.25) is 5.95 Å². The number of nitrogens with two attached hydrogens (primary N) is 1. The zero-order chi connectivity index (χ0) is 14.8. The summed E-state index contributed by atoms with van der Waals surface area (Å²) in [6.07, 6.45) is 6.01. The van der Waals surface area contributed by atoms with Crippen molar-refractivity contribution in [3.05, 3.63) is 28.6 Å². The highest BCUT2D eigenvalue weighted by Gasteiger charge is 2.17. The smallest absolute Gasteiger partial charge is 0.260 e. The molecule has 1 aliphatic carbocycles. The van der Waals surface area contributed by atoms with Crippen molar-refractivity contribution in [2.75, 3.05) is 11.1 Å². The van der Waals surface area contributed by atoms with Crippen LogP contribution in [0.15, 0.2) is 23.0 Å². The van der Waals surface area contributed by atoms with Crippen molar-refractivity contribution in [3.8, 4) is 0 Å². The van der Waals surface area contributed by atoms with Crippen LogP contribution in [0.5, 0.6) is 0 Å². The standard InChI is InChI=1S/C16H22N4O/c1-10-3-2-4-12(7-5-10)18-16-19-14-8-6-11(17)9-13(14)15(21)20-16/h6,8-10,12H,2-5,7,17H2,1H3,(H2,18,19,20,21). The topological polar surface area (TPSA) is 83.8 Å². The Morgan fingerprint density at radius 3 is 3.00 bits per heavy atom. The molecule has 21 heavy (non-hydrogen) atoms. The van der Waals surface area contributed by atoms with Gasteiger partial charge >= 0.3 is 0 Å². The zero-order valence-electron chi connectivity index (χ0n) is 12.4. The van der Waals surface area contributed by atoms with Gasteiger partial charge in [-0.2, -0.15) is 0 Å². The predicted octanol–water partition coefficient (Wildman–Crippen LogP) is 2.89. The number of hydrogen-bond acceptors (Lipinski definition) is 4. The van der Waals surface area contributed by atoms with Crippen LogP contribution in [0.25, 0.3) is 10.9 Å². The Bertz CT molecular complexity index is 694.